The van der Waals surface area contributed by atoms with Crippen molar-refractivity contribution >= 4 is 33.1 Å². The van der Waals surface area contributed by atoms with Crippen molar-refractivity contribution < 1.29 is 18.0 Å². The molecule has 0 saturated heterocycles. The van der Waals surface area contributed by atoms with Crippen LogP contribution in [0.4, 0.5) is 13.2 Å². The quantitative estimate of drug-likeness (QED) is 0.750. The van der Waals surface area contributed by atoms with Crippen molar-refractivity contribution in [3.63, 3.8) is 0 Å². The standard InChI is InChI=1S/C11H5BrF3NO/c12-7-3-6-1-2-8(5-17)16-10(6)9(4-7)11(13,14)15/h1-5H. The molecule has 2 aromatic rings. The molecular weight excluding hydrogens is 299 g/mol. The Bertz CT molecular complexity index is 595. The first kappa shape index (κ1) is 12.0. The van der Waals surface area contributed by atoms with Gasteiger partial charge in [0.25, 0.3) is 0 Å². The maximum absolute atomic E-state index is 12.8. The van der Waals surface area contributed by atoms with Gasteiger partial charge in [-0.1, -0.05) is 22.0 Å². The molecule has 2 rings (SSSR count). The minimum absolute atomic E-state index is 0.0228. The van der Waals surface area contributed by atoms with Gasteiger partial charge in [-0.05, 0) is 18.2 Å². The molecule has 0 fully saturated rings. The number of hydrogen-bond donors (Lipinski definition) is 0. The molecule has 0 amide bonds. The Kier molecular flexibility index (Phi) is 2.91. The zero-order valence-electron chi connectivity index (χ0n) is 8.25. The molecule has 17 heavy (non-hydrogen) atoms. The summed E-state index contributed by atoms with van der Waals surface area (Å²) in [5, 5.41) is 0.331. The number of rotatable bonds is 1. The molecule has 0 aliphatic rings. The van der Waals surface area contributed by atoms with Crippen LogP contribution in [0.2, 0.25) is 0 Å². The molecule has 1 aromatic carbocycles. The topological polar surface area (TPSA) is 30.0 Å². The lowest BCUT2D eigenvalue weighted by Crippen LogP contribution is -2.07. The molecule has 0 spiro atoms. The number of nitrogens with zero attached hydrogens (tertiary/aromatic N) is 1. The lowest BCUT2D eigenvalue weighted by Gasteiger charge is -2.10. The van der Waals surface area contributed by atoms with Gasteiger partial charge in [-0.3, -0.25) is 4.79 Å². The largest absolute Gasteiger partial charge is 0.418 e. The third-order valence-corrected chi connectivity index (χ3v) is 2.66. The molecule has 0 bridgehead atoms. The molecule has 88 valence electrons. The van der Waals surface area contributed by atoms with Gasteiger partial charge in [0.05, 0.1) is 11.1 Å². The van der Waals surface area contributed by atoms with Gasteiger partial charge in [-0.15, -0.1) is 0 Å². The van der Waals surface area contributed by atoms with E-state index in [4.69, 9.17) is 0 Å². The van der Waals surface area contributed by atoms with Crippen LogP contribution in [-0.4, -0.2) is 11.3 Å². The van der Waals surface area contributed by atoms with Crippen molar-refractivity contribution in [2.75, 3.05) is 0 Å². The van der Waals surface area contributed by atoms with Crippen LogP contribution >= 0.6 is 15.9 Å². The molecule has 1 aromatic heterocycles. The normalized spacial score (nSPS) is 11.8. The second-order valence-corrected chi connectivity index (χ2v) is 4.29. The Morgan fingerprint density at radius 2 is 1.94 bits per heavy atom. The van der Waals surface area contributed by atoms with Crippen molar-refractivity contribution in [3.05, 3.63) is 40.0 Å². The van der Waals surface area contributed by atoms with Crippen molar-refractivity contribution in [1.82, 2.24) is 4.98 Å². The molecule has 1 heterocycles. The number of fused-ring (bicyclic) bond motifs is 1. The van der Waals surface area contributed by atoms with Crippen molar-refractivity contribution in [3.8, 4) is 0 Å². The highest BCUT2D eigenvalue weighted by Gasteiger charge is 2.33. The monoisotopic (exact) mass is 303 g/mol. The van der Waals surface area contributed by atoms with Gasteiger partial charge in [-0.2, -0.15) is 13.2 Å². The molecule has 0 N–H and O–H groups in total. The van der Waals surface area contributed by atoms with Crippen molar-refractivity contribution in [1.29, 1.82) is 0 Å². The summed E-state index contributed by atoms with van der Waals surface area (Å²) in [5.41, 5.74) is -1.10. The summed E-state index contributed by atoms with van der Waals surface area (Å²) < 4.78 is 38.7. The molecule has 2 nitrogen and oxygen atoms in total. The number of pyridine rings is 1. The van der Waals surface area contributed by atoms with Gasteiger partial charge < -0.3 is 0 Å². The number of hydrogen-bond acceptors (Lipinski definition) is 2. The summed E-state index contributed by atoms with van der Waals surface area (Å²) >= 11 is 3.01. The molecule has 0 aliphatic carbocycles. The van der Waals surface area contributed by atoms with E-state index in [1.165, 1.54) is 18.2 Å². The minimum Gasteiger partial charge on any atom is -0.296 e. The SMILES string of the molecule is O=Cc1ccc2cc(Br)cc(C(F)(F)F)c2n1. The average Bonchev–Trinajstić information content (AvgIpc) is 2.26. The summed E-state index contributed by atoms with van der Waals surface area (Å²) in [6.07, 6.45) is -4.09. The molecule has 0 unspecified atom stereocenters. The lowest BCUT2D eigenvalue weighted by atomic mass is 10.1. The van der Waals surface area contributed by atoms with E-state index in [0.29, 0.717) is 16.1 Å². The zero-order valence-corrected chi connectivity index (χ0v) is 9.84. The number of aromatic nitrogens is 1. The Hall–Kier alpha value is -1.43. The number of benzene rings is 1. The van der Waals surface area contributed by atoms with Crippen LogP contribution in [0.15, 0.2) is 28.7 Å². The van der Waals surface area contributed by atoms with E-state index in [9.17, 15) is 18.0 Å². The first-order valence-corrected chi connectivity index (χ1v) is 5.34. The van der Waals surface area contributed by atoms with Gasteiger partial charge in [0.1, 0.15) is 5.69 Å². The van der Waals surface area contributed by atoms with E-state index < -0.39 is 11.7 Å². The second kappa shape index (κ2) is 4.10. The fraction of sp³-hybridized carbons (Fsp3) is 0.0909. The van der Waals surface area contributed by atoms with Crippen LogP contribution in [0.25, 0.3) is 10.9 Å². The number of halogens is 4. The zero-order chi connectivity index (χ0) is 12.6. The molecule has 0 aliphatic heterocycles. The Morgan fingerprint density at radius 1 is 1.24 bits per heavy atom. The first-order chi connectivity index (χ1) is 7.91. The summed E-state index contributed by atoms with van der Waals surface area (Å²) in [4.78, 5) is 14.2. The number of alkyl halides is 3. The van der Waals surface area contributed by atoms with E-state index in [2.05, 4.69) is 20.9 Å². The lowest BCUT2D eigenvalue weighted by molar-refractivity contribution is -0.136. The summed E-state index contributed by atoms with van der Waals surface area (Å²) in [6.45, 7) is 0. The van der Waals surface area contributed by atoms with Crippen LogP contribution in [0.5, 0.6) is 0 Å². The number of carbonyl (C=O) groups is 1. The fourth-order valence-electron chi connectivity index (χ4n) is 1.50. The van der Waals surface area contributed by atoms with E-state index in [-0.39, 0.29) is 11.2 Å². The van der Waals surface area contributed by atoms with E-state index >= 15 is 0 Å². The highest BCUT2D eigenvalue weighted by atomic mass is 79.9. The second-order valence-electron chi connectivity index (χ2n) is 3.38. The Balaban J connectivity index is 2.84. The summed E-state index contributed by atoms with van der Waals surface area (Å²) in [7, 11) is 0. The van der Waals surface area contributed by atoms with Gasteiger partial charge in [0, 0.05) is 9.86 Å². The fourth-order valence-corrected chi connectivity index (χ4v) is 1.97. The molecule has 0 atom stereocenters. The van der Waals surface area contributed by atoms with Crippen molar-refractivity contribution in [2.24, 2.45) is 0 Å². The van der Waals surface area contributed by atoms with Crippen LogP contribution in [0, 0.1) is 0 Å². The predicted octanol–water partition coefficient (Wildman–Crippen LogP) is 3.83. The summed E-state index contributed by atoms with van der Waals surface area (Å²) in [5.74, 6) is 0. The van der Waals surface area contributed by atoms with E-state index in [1.807, 2.05) is 0 Å². The van der Waals surface area contributed by atoms with E-state index in [1.54, 1.807) is 0 Å². The molecule has 0 saturated carbocycles. The number of carbonyl (C=O) groups excluding carboxylic acids is 1. The summed E-state index contributed by atoms with van der Waals surface area (Å²) in [6, 6.07) is 5.28. The predicted molar refractivity (Wildman–Crippen MR) is 59.8 cm³/mol. The van der Waals surface area contributed by atoms with Crippen molar-refractivity contribution in [2.45, 2.75) is 6.18 Å². The van der Waals surface area contributed by atoms with E-state index in [0.717, 1.165) is 6.07 Å². The van der Waals surface area contributed by atoms with Gasteiger partial charge >= 0.3 is 6.18 Å². The maximum atomic E-state index is 12.8. The third kappa shape index (κ3) is 2.31. The average molecular weight is 304 g/mol. The van der Waals surface area contributed by atoms with Crippen LogP contribution in [0.1, 0.15) is 16.1 Å². The Morgan fingerprint density at radius 3 is 2.53 bits per heavy atom. The third-order valence-electron chi connectivity index (χ3n) is 2.20. The van der Waals surface area contributed by atoms with Gasteiger partial charge in [-0.25, -0.2) is 4.98 Å². The van der Waals surface area contributed by atoms with Crippen LogP contribution in [0.3, 0.4) is 0 Å². The van der Waals surface area contributed by atoms with Gasteiger partial charge in [0.2, 0.25) is 0 Å². The highest BCUT2D eigenvalue weighted by Crippen LogP contribution is 2.36. The minimum atomic E-state index is -4.50. The maximum Gasteiger partial charge on any atom is 0.418 e. The first-order valence-electron chi connectivity index (χ1n) is 4.54. The smallest absolute Gasteiger partial charge is 0.296 e. The number of aldehydes is 1. The Labute approximate surface area is 103 Å². The van der Waals surface area contributed by atoms with Crippen LogP contribution < -0.4 is 0 Å². The molecule has 6 heteroatoms. The highest BCUT2D eigenvalue weighted by molar-refractivity contribution is 9.10. The van der Waals surface area contributed by atoms with Crippen LogP contribution in [-0.2, 0) is 6.18 Å². The molecular formula is C11H5BrF3NO. The molecule has 0 radical (unpaired) electrons. The van der Waals surface area contributed by atoms with Gasteiger partial charge in [0.15, 0.2) is 6.29 Å².